The highest BCUT2D eigenvalue weighted by molar-refractivity contribution is 7.98. The lowest BCUT2D eigenvalue weighted by atomic mass is 10.1. The van der Waals surface area contributed by atoms with Gasteiger partial charge in [0, 0.05) is 5.75 Å². The van der Waals surface area contributed by atoms with E-state index in [1.54, 1.807) is 6.26 Å². The zero-order valence-electron chi connectivity index (χ0n) is 18.0. The van der Waals surface area contributed by atoms with E-state index in [1.165, 1.54) is 11.8 Å². The molecule has 4 amide bonds. The lowest BCUT2D eigenvalue weighted by Gasteiger charge is -2.24. The summed E-state index contributed by atoms with van der Waals surface area (Å²) < 4.78 is 0. The summed E-state index contributed by atoms with van der Waals surface area (Å²) in [6.07, 6.45) is 2.71. The smallest absolute Gasteiger partial charge is 0.326 e. The molecule has 0 radical (unpaired) electrons. The molecule has 4 atom stereocenters. The number of carboxylic acids is 1. The molecule has 0 heterocycles. The number of thioether (sulfide) groups is 1. The van der Waals surface area contributed by atoms with E-state index in [0.29, 0.717) is 25.1 Å². The Morgan fingerprint density at radius 1 is 0.938 bits per heavy atom. The maximum Gasteiger partial charge on any atom is 0.326 e. The second kappa shape index (κ2) is 16.6. The molecule has 0 saturated heterocycles. The van der Waals surface area contributed by atoms with Gasteiger partial charge < -0.3 is 38.3 Å². The Balaban J connectivity index is 5.42. The molecule has 4 unspecified atom stereocenters. The molecule has 32 heavy (non-hydrogen) atoms. The highest BCUT2D eigenvalue weighted by Gasteiger charge is 2.30. The minimum atomic E-state index is -1.41. The first-order chi connectivity index (χ1) is 15.1. The SMILES string of the molecule is CSCCC(NC(=O)C(CC(N)=O)NC(=O)C(CCCCN)NC(=O)C(N)CS)C(=O)O. The van der Waals surface area contributed by atoms with Gasteiger partial charge in [-0.15, -0.1) is 0 Å². The van der Waals surface area contributed by atoms with Crippen LogP contribution in [-0.2, 0) is 24.0 Å². The van der Waals surface area contributed by atoms with Crippen molar-refractivity contribution in [2.24, 2.45) is 17.2 Å². The molecule has 0 aromatic rings. The van der Waals surface area contributed by atoms with Crippen LogP contribution in [0.2, 0.25) is 0 Å². The average Bonchev–Trinajstić information content (AvgIpc) is 2.73. The molecule has 0 aromatic heterocycles. The Labute approximate surface area is 196 Å². The van der Waals surface area contributed by atoms with Crippen molar-refractivity contribution in [2.75, 3.05) is 24.3 Å². The Bertz CT molecular complexity index is 653. The number of nitrogens with one attached hydrogen (secondary N) is 3. The number of carbonyl (C=O) groups is 5. The third-order valence-electron chi connectivity index (χ3n) is 4.38. The van der Waals surface area contributed by atoms with Crippen LogP contribution < -0.4 is 33.2 Å². The van der Waals surface area contributed by atoms with Gasteiger partial charge in [-0.1, -0.05) is 0 Å². The molecule has 0 aliphatic heterocycles. The number of rotatable bonds is 17. The molecule has 14 heteroatoms. The summed E-state index contributed by atoms with van der Waals surface area (Å²) in [6.45, 7) is 0.387. The summed E-state index contributed by atoms with van der Waals surface area (Å²) in [5, 5.41) is 16.5. The largest absolute Gasteiger partial charge is 0.480 e. The van der Waals surface area contributed by atoms with E-state index in [4.69, 9.17) is 17.2 Å². The predicted octanol–water partition coefficient (Wildman–Crippen LogP) is -2.46. The minimum Gasteiger partial charge on any atom is -0.480 e. The topological polar surface area (TPSA) is 220 Å². The van der Waals surface area contributed by atoms with Crippen molar-refractivity contribution < 1.29 is 29.1 Å². The molecule has 0 aliphatic rings. The number of thiol groups is 1. The van der Waals surface area contributed by atoms with Gasteiger partial charge in [0.05, 0.1) is 12.5 Å². The van der Waals surface area contributed by atoms with Gasteiger partial charge in [-0.05, 0) is 44.2 Å². The van der Waals surface area contributed by atoms with Crippen LogP contribution in [0.1, 0.15) is 32.1 Å². The maximum absolute atomic E-state index is 12.8. The van der Waals surface area contributed by atoms with E-state index in [2.05, 4.69) is 28.6 Å². The van der Waals surface area contributed by atoms with Crippen LogP contribution in [0.4, 0.5) is 0 Å². The average molecular weight is 495 g/mol. The van der Waals surface area contributed by atoms with E-state index in [9.17, 15) is 29.1 Å². The molecular weight excluding hydrogens is 460 g/mol. The molecule has 0 saturated carbocycles. The number of nitrogens with two attached hydrogens (primary N) is 3. The first kappa shape index (κ1) is 30.0. The Morgan fingerprint density at radius 2 is 1.50 bits per heavy atom. The second-order valence-corrected chi connectivity index (χ2v) is 8.40. The van der Waals surface area contributed by atoms with Crippen molar-refractivity contribution in [2.45, 2.75) is 56.3 Å². The Morgan fingerprint density at radius 3 is 2.00 bits per heavy atom. The summed E-state index contributed by atoms with van der Waals surface area (Å²) in [5.74, 6) is -3.80. The molecule has 0 aromatic carbocycles. The molecule has 12 nitrogen and oxygen atoms in total. The van der Waals surface area contributed by atoms with Crippen LogP contribution in [0.5, 0.6) is 0 Å². The Kier molecular flexibility index (Phi) is 15.5. The number of unbranched alkanes of at least 4 members (excludes halogenated alkanes) is 1. The molecule has 0 bridgehead atoms. The van der Waals surface area contributed by atoms with Crippen LogP contribution >= 0.6 is 24.4 Å². The summed E-state index contributed by atoms with van der Waals surface area (Å²) in [7, 11) is 0. The van der Waals surface area contributed by atoms with Gasteiger partial charge in [0.2, 0.25) is 23.6 Å². The summed E-state index contributed by atoms with van der Waals surface area (Å²) >= 11 is 5.35. The molecule has 0 rings (SSSR count). The third-order valence-corrected chi connectivity index (χ3v) is 5.41. The van der Waals surface area contributed by atoms with Gasteiger partial charge in [0.25, 0.3) is 0 Å². The fraction of sp³-hybridized carbons (Fsp3) is 0.722. The molecular formula is C18H34N6O6S2. The van der Waals surface area contributed by atoms with E-state index >= 15 is 0 Å². The zero-order valence-corrected chi connectivity index (χ0v) is 19.8. The predicted molar refractivity (Wildman–Crippen MR) is 125 cm³/mol. The van der Waals surface area contributed by atoms with Gasteiger partial charge in [-0.3, -0.25) is 19.2 Å². The normalized spacial score (nSPS) is 14.5. The third kappa shape index (κ3) is 12.1. The minimum absolute atomic E-state index is 0.0578. The van der Waals surface area contributed by atoms with Gasteiger partial charge in [0.1, 0.15) is 18.1 Å². The van der Waals surface area contributed by atoms with Crippen molar-refractivity contribution >= 4 is 54.0 Å². The number of hydrogen-bond donors (Lipinski definition) is 8. The Hall–Kier alpha value is -2.03. The quantitative estimate of drug-likeness (QED) is 0.0792. The first-order valence-corrected chi connectivity index (χ1v) is 12.1. The van der Waals surface area contributed by atoms with Crippen molar-refractivity contribution in [3.63, 3.8) is 0 Å². The van der Waals surface area contributed by atoms with Crippen molar-refractivity contribution in [3.05, 3.63) is 0 Å². The summed E-state index contributed by atoms with van der Waals surface area (Å²) in [5.41, 5.74) is 16.3. The van der Waals surface area contributed by atoms with Gasteiger partial charge >= 0.3 is 5.97 Å². The monoisotopic (exact) mass is 494 g/mol. The standard InChI is InChI=1S/C18H34N6O6S2/c1-32-7-5-12(18(29)30)23-17(28)13(8-14(21)25)24-16(27)11(4-2-3-6-19)22-15(26)10(20)9-31/h10-13,31H,2-9,19-20H2,1H3,(H2,21,25)(H,22,26)(H,23,28)(H,24,27)(H,29,30). The number of carboxylic acid groups (broad SMARTS) is 1. The lowest BCUT2D eigenvalue weighted by Crippen LogP contribution is -2.58. The van der Waals surface area contributed by atoms with Gasteiger partial charge in [-0.25, -0.2) is 4.79 Å². The fourth-order valence-corrected chi connectivity index (χ4v) is 3.21. The number of aliphatic carboxylic acids is 1. The van der Waals surface area contributed by atoms with E-state index < -0.39 is 60.2 Å². The van der Waals surface area contributed by atoms with Crippen molar-refractivity contribution in [1.29, 1.82) is 0 Å². The zero-order chi connectivity index (χ0) is 24.7. The second-order valence-electron chi connectivity index (χ2n) is 7.05. The van der Waals surface area contributed by atoms with Gasteiger partial charge in [0.15, 0.2) is 0 Å². The number of carbonyl (C=O) groups excluding carboxylic acids is 4. The molecule has 0 fully saturated rings. The van der Waals surface area contributed by atoms with E-state index in [-0.39, 0.29) is 18.6 Å². The van der Waals surface area contributed by atoms with Crippen molar-refractivity contribution in [1.82, 2.24) is 16.0 Å². The van der Waals surface area contributed by atoms with E-state index in [0.717, 1.165) is 0 Å². The fourth-order valence-electron chi connectivity index (χ4n) is 2.57. The highest BCUT2D eigenvalue weighted by Crippen LogP contribution is 2.05. The lowest BCUT2D eigenvalue weighted by molar-refractivity contribution is -0.142. The molecule has 0 aliphatic carbocycles. The van der Waals surface area contributed by atoms with E-state index in [1.807, 2.05) is 0 Å². The first-order valence-electron chi connectivity index (χ1n) is 10.0. The highest BCUT2D eigenvalue weighted by atomic mass is 32.2. The van der Waals surface area contributed by atoms with Crippen LogP contribution in [0.3, 0.4) is 0 Å². The number of amides is 4. The van der Waals surface area contributed by atoms with Crippen LogP contribution in [0.25, 0.3) is 0 Å². The van der Waals surface area contributed by atoms with Crippen LogP contribution in [0.15, 0.2) is 0 Å². The van der Waals surface area contributed by atoms with Crippen LogP contribution in [0, 0.1) is 0 Å². The van der Waals surface area contributed by atoms with Gasteiger partial charge in [-0.2, -0.15) is 24.4 Å². The summed E-state index contributed by atoms with van der Waals surface area (Å²) in [6, 6.07) is -4.60. The number of primary amides is 1. The molecule has 184 valence electrons. The van der Waals surface area contributed by atoms with Crippen molar-refractivity contribution in [3.8, 4) is 0 Å². The molecule has 10 N–H and O–H groups in total. The maximum atomic E-state index is 12.8. The summed E-state index contributed by atoms with van der Waals surface area (Å²) in [4.78, 5) is 60.4. The number of hydrogen-bond acceptors (Lipinski definition) is 9. The van der Waals surface area contributed by atoms with Crippen LogP contribution in [-0.4, -0.2) is 83.2 Å². The molecule has 0 spiro atoms.